The summed E-state index contributed by atoms with van der Waals surface area (Å²) in [5, 5.41) is 10.7. The Morgan fingerprint density at radius 1 is 0.853 bits per heavy atom. The van der Waals surface area contributed by atoms with E-state index in [2.05, 4.69) is 13.8 Å². The van der Waals surface area contributed by atoms with Crippen molar-refractivity contribution >= 4 is 17.9 Å². The summed E-state index contributed by atoms with van der Waals surface area (Å²) < 4.78 is 17.6. The van der Waals surface area contributed by atoms with Crippen LogP contribution in [-0.2, 0) is 28.6 Å². The van der Waals surface area contributed by atoms with Crippen molar-refractivity contribution in [2.24, 2.45) is 40.4 Å². The molecule has 0 aliphatic heterocycles. The zero-order valence-electron chi connectivity index (χ0n) is 21.5. The van der Waals surface area contributed by atoms with Crippen molar-refractivity contribution in [1.82, 2.24) is 0 Å². The van der Waals surface area contributed by atoms with Gasteiger partial charge in [-0.25, -0.2) is 0 Å². The third-order valence-electron chi connectivity index (χ3n) is 10.3. The van der Waals surface area contributed by atoms with E-state index in [0.717, 1.165) is 38.5 Å². The molecule has 0 bridgehead atoms. The van der Waals surface area contributed by atoms with Crippen LogP contribution in [0, 0.1) is 40.4 Å². The van der Waals surface area contributed by atoms with E-state index in [1.807, 2.05) is 6.92 Å². The Balaban J connectivity index is 1.74. The fraction of sp³-hybridized carbons (Fsp3) is 0.889. The van der Waals surface area contributed by atoms with Crippen LogP contribution in [0.5, 0.6) is 0 Å². The van der Waals surface area contributed by atoms with E-state index in [-0.39, 0.29) is 76.6 Å². The topological polar surface area (TPSA) is 99.1 Å². The number of aliphatic hydroxyl groups is 1. The SMILES string of the molecule is CC(=O)O[C@H]1CC[C@@]2(C)[C@@H](C1)C[C@H](OC(C)=O)[C@@H]1[C@@H]2C[C@@H](OC(C)=O)[C@]2(C)C(C(C)O)CC[C@@H]12. The maximum atomic E-state index is 12.2. The summed E-state index contributed by atoms with van der Waals surface area (Å²) in [7, 11) is 0. The molecule has 0 heterocycles. The minimum Gasteiger partial charge on any atom is -0.463 e. The second-order valence-electron chi connectivity index (χ2n) is 12.0. The highest BCUT2D eigenvalue weighted by molar-refractivity contribution is 5.67. The molecule has 4 aliphatic carbocycles. The predicted molar refractivity (Wildman–Crippen MR) is 124 cm³/mol. The van der Waals surface area contributed by atoms with Crippen molar-refractivity contribution < 1.29 is 33.7 Å². The average molecular weight is 479 g/mol. The van der Waals surface area contributed by atoms with Gasteiger partial charge in [0.2, 0.25) is 0 Å². The number of rotatable bonds is 4. The molecule has 0 aromatic rings. The summed E-state index contributed by atoms with van der Waals surface area (Å²) in [6, 6.07) is 0. The molecule has 11 atom stereocenters. The summed E-state index contributed by atoms with van der Waals surface area (Å²) in [5.41, 5.74) is -0.377. The summed E-state index contributed by atoms with van der Waals surface area (Å²) in [4.78, 5) is 36.0. The van der Waals surface area contributed by atoms with Crippen LogP contribution >= 0.6 is 0 Å². The second kappa shape index (κ2) is 9.11. The first-order valence-corrected chi connectivity index (χ1v) is 13.1. The Kier molecular flexibility index (Phi) is 6.82. The van der Waals surface area contributed by atoms with Crippen LogP contribution in [-0.4, -0.2) is 47.4 Å². The number of aliphatic hydroxyl groups excluding tert-OH is 1. The van der Waals surface area contributed by atoms with Gasteiger partial charge >= 0.3 is 17.9 Å². The van der Waals surface area contributed by atoms with Crippen LogP contribution < -0.4 is 0 Å². The lowest BCUT2D eigenvalue weighted by molar-refractivity contribution is -0.226. The molecular formula is C27H42O7. The second-order valence-corrected chi connectivity index (χ2v) is 12.0. The van der Waals surface area contributed by atoms with Crippen molar-refractivity contribution in [2.75, 3.05) is 0 Å². The van der Waals surface area contributed by atoms with E-state index >= 15 is 0 Å². The number of carbonyl (C=O) groups excluding carboxylic acids is 3. The van der Waals surface area contributed by atoms with Crippen LogP contribution in [0.2, 0.25) is 0 Å². The Morgan fingerprint density at radius 3 is 2.09 bits per heavy atom. The number of esters is 3. The van der Waals surface area contributed by atoms with Gasteiger partial charge in [-0.3, -0.25) is 14.4 Å². The van der Waals surface area contributed by atoms with Crippen molar-refractivity contribution in [2.45, 2.75) is 111 Å². The minimum atomic E-state index is -0.497. The summed E-state index contributed by atoms with van der Waals surface area (Å²) >= 11 is 0. The Morgan fingerprint density at radius 2 is 1.50 bits per heavy atom. The highest BCUT2D eigenvalue weighted by Gasteiger charge is 2.67. The van der Waals surface area contributed by atoms with Crippen molar-refractivity contribution in [1.29, 1.82) is 0 Å². The molecule has 4 aliphatic rings. The van der Waals surface area contributed by atoms with Gasteiger partial charge in [0.15, 0.2) is 0 Å². The van der Waals surface area contributed by atoms with Crippen molar-refractivity contribution in [3.8, 4) is 0 Å². The fourth-order valence-electron chi connectivity index (χ4n) is 8.98. The molecule has 0 saturated heterocycles. The van der Waals surface area contributed by atoms with Crippen LogP contribution in [0.15, 0.2) is 0 Å². The van der Waals surface area contributed by atoms with Crippen LogP contribution in [0.3, 0.4) is 0 Å². The molecule has 2 unspecified atom stereocenters. The first kappa shape index (κ1) is 25.5. The standard InChI is InChI=1S/C27H42O7/c1-14(28)20-7-8-21-25-22(13-24(27(20,21)6)34-17(4)31)26(5)10-9-19(32-15(2)29)11-18(26)12-23(25)33-16(3)30/h14,18-25,28H,7-13H2,1-6H3/t14?,18-,19-,20?,21-,22-,23-,24+,25-,26-,27+/m0/s1. The van der Waals surface area contributed by atoms with E-state index < -0.39 is 6.10 Å². The molecule has 0 amide bonds. The first-order chi connectivity index (χ1) is 15.9. The zero-order chi connectivity index (χ0) is 25.0. The van der Waals surface area contributed by atoms with Gasteiger partial charge in [0, 0.05) is 32.1 Å². The molecule has 7 nitrogen and oxygen atoms in total. The first-order valence-electron chi connectivity index (χ1n) is 13.1. The number of fused-ring (bicyclic) bond motifs is 5. The van der Waals surface area contributed by atoms with Crippen LogP contribution in [0.25, 0.3) is 0 Å². The molecule has 4 saturated carbocycles. The molecule has 0 spiro atoms. The lowest BCUT2D eigenvalue weighted by atomic mass is 9.43. The third-order valence-corrected chi connectivity index (χ3v) is 10.3. The molecular weight excluding hydrogens is 436 g/mol. The van der Waals surface area contributed by atoms with E-state index in [9.17, 15) is 19.5 Å². The smallest absolute Gasteiger partial charge is 0.302 e. The summed E-state index contributed by atoms with van der Waals surface area (Å²) in [5.74, 6) is 0.0697. The maximum Gasteiger partial charge on any atom is 0.302 e. The molecule has 34 heavy (non-hydrogen) atoms. The number of hydrogen-bond acceptors (Lipinski definition) is 7. The largest absolute Gasteiger partial charge is 0.463 e. The maximum absolute atomic E-state index is 12.2. The van der Waals surface area contributed by atoms with E-state index in [1.54, 1.807) is 0 Å². The molecule has 4 fully saturated rings. The normalized spacial score (nSPS) is 46.3. The Labute approximate surface area is 203 Å². The average Bonchev–Trinajstić information content (AvgIpc) is 3.07. The van der Waals surface area contributed by atoms with Gasteiger partial charge in [0.25, 0.3) is 0 Å². The van der Waals surface area contributed by atoms with Gasteiger partial charge in [-0.05, 0) is 81.0 Å². The molecule has 1 N–H and O–H groups in total. The van der Waals surface area contributed by atoms with Gasteiger partial charge in [0.1, 0.15) is 18.3 Å². The highest BCUT2D eigenvalue weighted by atomic mass is 16.6. The Hall–Kier alpha value is -1.63. The number of carbonyl (C=O) groups is 3. The number of hydrogen-bond donors (Lipinski definition) is 1. The van der Waals surface area contributed by atoms with Gasteiger partial charge in [0.05, 0.1) is 6.10 Å². The van der Waals surface area contributed by atoms with E-state index in [1.165, 1.54) is 20.8 Å². The number of ether oxygens (including phenoxy) is 3. The molecule has 192 valence electrons. The molecule has 7 heteroatoms. The third kappa shape index (κ3) is 4.16. The monoisotopic (exact) mass is 478 g/mol. The molecule has 4 rings (SSSR count). The fourth-order valence-corrected chi connectivity index (χ4v) is 8.98. The van der Waals surface area contributed by atoms with Gasteiger partial charge in [-0.2, -0.15) is 0 Å². The summed E-state index contributed by atoms with van der Waals surface area (Å²) in [6.07, 6.45) is 4.71. The lowest BCUT2D eigenvalue weighted by Crippen LogP contribution is -2.63. The minimum absolute atomic E-state index is 0.0133. The molecule has 0 aromatic heterocycles. The van der Waals surface area contributed by atoms with E-state index in [4.69, 9.17) is 14.2 Å². The van der Waals surface area contributed by atoms with E-state index in [0.29, 0.717) is 6.42 Å². The van der Waals surface area contributed by atoms with Crippen LogP contribution in [0.1, 0.15) is 86.5 Å². The quantitative estimate of drug-likeness (QED) is 0.481. The van der Waals surface area contributed by atoms with Gasteiger partial charge in [-0.1, -0.05) is 13.8 Å². The molecule has 0 aromatic carbocycles. The predicted octanol–water partition coefficient (Wildman–Crippen LogP) is 4.04. The summed E-state index contributed by atoms with van der Waals surface area (Å²) in [6.45, 7) is 10.8. The van der Waals surface area contributed by atoms with Crippen molar-refractivity contribution in [3.05, 3.63) is 0 Å². The zero-order valence-corrected chi connectivity index (χ0v) is 21.5. The van der Waals surface area contributed by atoms with Gasteiger partial charge < -0.3 is 19.3 Å². The molecule has 0 radical (unpaired) electrons. The van der Waals surface area contributed by atoms with Gasteiger partial charge in [-0.15, -0.1) is 0 Å². The lowest BCUT2D eigenvalue weighted by Gasteiger charge is -2.64. The van der Waals surface area contributed by atoms with Crippen molar-refractivity contribution in [3.63, 3.8) is 0 Å². The highest BCUT2D eigenvalue weighted by Crippen LogP contribution is 2.68. The Bertz CT molecular complexity index is 824. The van der Waals surface area contributed by atoms with Crippen LogP contribution in [0.4, 0.5) is 0 Å².